The van der Waals surface area contributed by atoms with Crippen LogP contribution in [0.4, 0.5) is 10.1 Å². The Morgan fingerprint density at radius 1 is 1.06 bits per heavy atom. The maximum Gasteiger partial charge on any atom is 0.328 e. The molecular formula is C26H32FN5O3. The van der Waals surface area contributed by atoms with Crippen molar-refractivity contribution in [1.29, 1.82) is 0 Å². The maximum atomic E-state index is 13.4. The van der Waals surface area contributed by atoms with E-state index >= 15 is 0 Å². The molecule has 0 radical (unpaired) electrons. The Morgan fingerprint density at radius 2 is 1.80 bits per heavy atom. The number of halogens is 1. The van der Waals surface area contributed by atoms with Crippen molar-refractivity contribution >= 4 is 22.6 Å². The van der Waals surface area contributed by atoms with Gasteiger partial charge in [-0.1, -0.05) is 0 Å². The molecule has 1 amide bonds. The Labute approximate surface area is 203 Å². The van der Waals surface area contributed by atoms with Crippen LogP contribution in [-0.4, -0.2) is 58.2 Å². The van der Waals surface area contributed by atoms with Gasteiger partial charge in [0.15, 0.2) is 0 Å². The van der Waals surface area contributed by atoms with Crippen LogP contribution in [0.3, 0.4) is 0 Å². The van der Waals surface area contributed by atoms with Gasteiger partial charge in [0.2, 0.25) is 11.9 Å². The smallest absolute Gasteiger partial charge is 0.328 e. The Kier molecular flexibility index (Phi) is 6.49. The normalized spacial score (nSPS) is 20.9. The molecule has 3 heterocycles. The van der Waals surface area contributed by atoms with Gasteiger partial charge in [0.1, 0.15) is 5.75 Å². The lowest BCUT2D eigenvalue weighted by Gasteiger charge is -2.38. The van der Waals surface area contributed by atoms with Crippen LogP contribution < -0.4 is 15.3 Å². The fourth-order valence-electron chi connectivity index (χ4n) is 5.58. The van der Waals surface area contributed by atoms with E-state index in [1.54, 1.807) is 24.8 Å². The third kappa shape index (κ3) is 4.63. The quantitative estimate of drug-likeness (QED) is 0.524. The number of hydrogen-bond acceptors (Lipinski definition) is 5. The molecule has 8 nitrogen and oxygen atoms in total. The number of hydrogen-bond donors (Lipinski definition) is 0. The second-order valence-corrected chi connectivity index (χ2v) is 9.67. The van der Waals surface area contributed by atoms with Crippen LogP contribution in [0.15, 0.2) is 41.3 Å². The van der Waals surface area contributed by atoms with Gasteiger partial charge in [-0.2, -0.15) is 4.39 Å². The predicted molar refractivity (Wildman–Crippen MR) is 132 cm³/mol. The highest BCUT2D eigenvalue weighted by atomic mass is 19.1. The van der Waals surface area contributed by atoms with Gasteiger partial charge in [0.25, 0.3) is 0 Å². The molecule has 1 aliphatic carbocycles. The van der Waals surface area contributed by atoms with E-state index in [-0.39, 0.29) is 17.5 Å². The average Bonchev–Trinajstić information content (AvgIpc) is 3.13. The summed E-state index contributed by atoms with van der Waals surface area (Å²) in [6.07, 6.45) is 5.03. The van der Waals surface area contributed by atoms with Crippen molar-refractivity contribution in [1.82, 2.24) is 19.0 Å². The third-order valence-corrected chi connectivity index (χ3v) is 7.66. The van der Waals surface area contributed by atoms with E-state index in [0.717, 1.165) is 48.2 Å². The maximum absolute atomic E-state index is 13.4. The number of ether oxygens (including phenoxy) is 1. The highest BCUT2D eigenvalue weighted by molar-refractivity contribution is 5.79. The van der Waals surface area contributed by atoms with Crippen LogP contribution in [-0.2, 0) is 18.4 Å². The van der Waals surface area contributed by atoms with Crippen LogP contribution in [0.1, 0.15) is 25.7 Å². The number of imidazole rings is 1. The molecule has 2 fully saturated rings. The molecule has 9 heteroatoms. The van der Waals surface area contributed by atoms with Crippen LogP contribution in [0.2, 0.25) is 0 Å². The zero-order valence-electron chi connectivity index (χ0n) is 20.3. The lowest BCUT2D eigenvalue weighted by Crippen LogP contribution is -2.50. The van der Waals surface area contributed by atoms with E-state index in [4.69, 9.17) is 4.74 Å². The van der Waals surface area contributed by atoms with Crippen molar-refractivity contribution in [2.75, 3.05) is 38.2 Å². The van der Waals surface area contributed by atoms with Crippen LogP contribution in [0.25, 0.3) is 11.0 Å². The van der Waals surface area contributed by atoms with Gasteiger partial charge in [-0.3, -0.25) is 13.9 Å². The number of methoxy groups -OCH3 is 1. The summed E-state index contributed by atoms with van der Waals surface area (Å²) in [6.45, 7) is 3.34. The highest BCUT2D eigenvalue weighted by Crippen LogP contribution is 2.32. The largest absolute Gasteiger partial charge is 0.497 e. The molecule has 5 rings (SSSR count). The number of piperazine rings is 1. The average molecular weight is 482 g/mol. The Bertz CT molecular complexity index is 1270. The molecular weight excluding hydrogens is 449 g/mol. The van der Waals surface area contributed by atoms with Crippen molar-refractivity contribution in [3.05, 3.63) is 53.0 Å². The molecule has 2 aliphatic rings. The number of nitrogens with zero attached hydrogens (tertiary/aromatic N) is 5. The summed E-state index contributed by atoms with van der Waals surface area (Å²) in [5, 5.41) is 0. The van der Waals surface area contributed by atoms with Crippen LogP contribution in [0, 0.1) is 17.8 Å². The van der Waals surface area contributed by atoms with Gasteiger partial charge in [-0.15, -0.1) is 0 Å². The Morgan fingerprint density at radius 3 is 2.49 bits per heavy atom. The summed E-state index contributed by atoms with van der Waals surface area (Å²) in [6, 6.07) is 8.96. The molecule has 35 heavy (non-hydrogen) atoms. The second-order valence-electron chi connectivity index (χ2n) is 9.67. The zero-order chi connectivity index (χ0) is 24.5. The van der Waals surface area contributed by atoms with E-state index < -0.39 is 5.95 Å². The van der Waals surface area contributed by atoms with Gasteiger partial charge < -0.3 is 14.5 Å². The van der Waals surface area contributed by atoms with Crippen LogP contribution >= 0.6 is 0 Å². The summed E-state index contributed by atoms with van der Waals surface area (Å²) in [5.74, 6) is 0.895. The summed E-state index contributed by atoms with van der Waals surface area (Å²) in [4.78, 5) is 33.7. The Hall–Kier alpha value is -3.36. The first-order valence-corrected chi connectivity index (χ1v) is 12.3. The number of aryl methyl sites for hydroxylation is 1. The number of anilines is 1. The number of aromatic nitrogens is 3. The molecule has 186 valence electrons. The van der Waals surface area contributed by atoms with Gasteiger partial charge in [0.05, 0.1) is 18.1 Å². The highest BCUT2D eigenvalue weighted by Gasteiger charge is 2.31. The van der Waals surface area contributed by atoms with Gasteiger partial charge in [0, 0.05) is 69.7 Å². The number of pyridine rings is 1. The molecule has 0 atom stereocenters. The van der Waals surface area contributed by atoms with Crippen molar-refractivity contribution in [3.8, 4) is 5.75 Å². The first-order chi connectivity index (χ1) is 16.9. The monoisotopic (exact) mass is 481 g/mol. The molecule has 1 aromatic carbocycles. The summed E-state index contributed by atoms with van der Waals surface area (Å²) < 4.78 is 22.3. The lowest BCUT2D eigenvalue weighted by atomic mass is 9.81. The molecule has 0 bridgehead atoms. The molecule has 0 N–H and O–H groups in total. The fraction of sp³-hybridized carbons (Fsp3) is 0.500. The SMILES string of the molecule is COc1ccc2c(c1)n(CC1CCC(C(=O)N3CCN(c4ccnc(F)c4)CC3)CC1)c(=O)n2C. The minimum absolute atomic E-state index is 0.0154. The number of benzene rings is 1. The number of fused-ring (bicyclic) bond motifs is 1. The minimum atomic E-state index is -0.484. The third-order valence-electron chi connectivity index (χ3n) is 7.66. The van der Waals surface area contributed by atoms with E-state index in [1.165, 1.54) is 12.3 Å². The number of carbonyl (C=O) groups excluding carboxylic acids is 1. The predicted octanol–water partition coefficient (Wildman–Crippen LogP) is 3.04. The summed E-state index contributed by atoms with van der Waals surface area (Å²) >= 11 is 0. The fourth-order valence-corrected chi connectivity index (χ4v) is 5.58. The Balaban J connectivity index is 1.17. The van der Waals surface area contributed by atoms with E-state index in [2.05, 4.69) is 9.88 Å². The first-order valence-electron chi connectivity index (χ1n) is 12.3. The van der Waals surface area contributed by atoms with E-state index in [0.29, 0.717) is 38.6 Å². The van der Waals surface area contributed by atoms with Gasteiger partial charge in [-0.05, 0) is 49.8 Å². The topological polar surface area (TPSA) is 72.6 Å². The lowest BCUT2D eigenvalue weighted by molar-refractivity contribution is -0.137. The number of rotatable bonds is 5. The molecule has 1 saturated carbocycles. The molecule has 3 aromatic rings. The number of amides is 1. The van der Waals surface area contributed by atoms with Crippen molar-refractivity contribution in [2.24, 2.45) is 18.9 Å². The molecule has 2 aromatic heterocycles. The zero-order valence-corrected chi connectivity index (χ0v) is 20.3. The van der Waals surface area contributed by atoms with Crippen molar-refractivity contribution < 1.29 is 13.9 Å². The van der Waals surface area contributed by atoms with E-state index in [9.17, 15) is 14.0 Å². The van der Waals surface area contributed by atoms with Gasteiger partial charge in [-0.25, -0.2) is 9.78 Å². The second kappa shape index (κ2) is 9.71. The molecule has 0 unspecified atom stereocenters. The summed E-state index contributed by atoms with van der Waals surface area (Å²) in [5.41, 5.74) is 2.58. The minimum Gasteiger partial charge on any atom is -0.497 e. The van der Waals surface area contributed by atoms with Crippen molar-refractivity contribution in [3.63, 3.8) is 0 Å². The van der Waals surface area contributed by atoms with Crippen LogP contribution in [0.5, 0.6) is 5.75 Å². The standard InChI is InChI=1S/C26H32FN5O3/c1-29-22-8-7-21(35-2)16-23(22)32(26(29)34)17-18-3-5-19(6-4-18)25(33)31-13-11-30(12-14-31)20-9-10-28-24(27)15-20/h7-10,15-16,18-19H,3-6,11-14,17H2,1-2H3. The molecule has 0 spiro atoms. The van der Waals surface area contributed by atoms with Gasteiger partial charge >= 0.3 is 5.69 Å². The van der Waals surface area contributed by atoms with E-state index in [1.807, 2.05) is 27.7 Å². The number of carbonyl (C=O) groups is 1. The molecule has 1 aliphatic heterocycles. The van der Waals surface area contributed by atoms with Crippen molar-refractivity contribution in [2.45, 2.75) is 32.2 Å². The molecule has 1 saturated heterocycles. The summed E-state index contributed by atoms with van der Waals surface area (Å²) in [7, 11) is 3.43. The first kappa shape index (κ1) is 23.4.